The number of amides is 1. The van der Waals surface area contributed by atoms with Gasteiger partial charge in [0, 0.05) is 12.2 Å². The molecule has 1 fully saturated rings. The summed E-state index contributed by atoms with van der Waals surface area (Å²) in [5.74, 6) is 1.03. The number of imidazole rings is 1. The number of hydrogen-bond donors (Lipinski definition) is 1. The van der Waals surface area contributed by atoms with E-state index in [2.05, 4.69) is 17.2 Å². The van der Waals surface area contributed by atoms with Gasteiger partial charge in [0.1, 0.15) is 12.4 Å². The van der Waals surface area contributed by atoms with Crippen molar-refractivity contribution in [1.29, 1.82) is 0 Å². The van der Waals surface area contributed by atoms with E-state index in [-0.39, 0.29) is 5.91 Å². The van der Waals surface area contributed by atoms with Crippen LogP contribution in [0.5, 0.6) is 0 Å². The van der Waals surface area contributed by atoms with Gasteiger partial charge < -0.3 is 9.88 Å². The number of aryl methyl sites for hydroxylation is 2. The van der Waals surface area contributed by atoms with Gasteiger partial charge in [-0.3, -0.25) is 4.79 Å². The highest BCUT2D eigenvalue weighted by Crippen LogP contribution is 2.17. The van der Waals surface area contributed by atoms with Crippen LogP contribution in [0.25, 0.3) is 0 Å². The Balaban J connectivity index is 1.90. The topological polar surface area (TPSA) is 46.9 Å². The van der Waals surface area contributed by atoms with Crippen molar-refractivity contribution in [2.75, 3.05) is 0 Å². The molecule has 1 amide bonds. The van der Waals surface area contributed by atoms with Gasteiger partial charge in [-0.1, -0.05) is 19.8 Å². The zero-order chi connectivity index (χ0) is 12.3. The molecule has 1 aliphatic carbocycles. The molecular weight excluding hydrogens is 214 g/mol. The van der Waals surface area contributed by atoms with Crippen molar-refractivity contribution in [3.05, 3.63) is 17.7 Å². The lowest BCUT2D eigenvalue weighted by Gasteiger charge is -2.12. The fourth-order valence-corrected chi connectivity index (χ4v) is 2.40. The normalized spacial score (nSPS) is 16.4. The van der Waals surface area contributed by atoms with E-state index < -0.39 is 0 Å². The molecule has 1 heterocycles. The Morgan fingerprint density at radius 2 is 2.24 bits per heavy atom. The van der Waals surface area contributed by atoms with Gasteiger partial charge >= 0.3 is 0 Å². The molecule has 0 aliphatic heterocycles. The largest absolute Gasteiger partial charge is 0.352 e. The lowest BCUT2D eigenvalue weighted by Crippen LogP contribution is -2.35. The van der Waals surface area contributed by atoms with Crippen LogP contribution in [0.15, 0.2) is 6.20 Å². The first kappa shape index (κ1) is 12.1. The van der Waals surface area contributed by atoms with E-state index in [0.717, 1.165) is 30.8 Å². The van der Waals surface area contributed by atoms with E-state index in [0.29, 0.717) is 12.6 Å². The monoisotopic (exact) mass is 235 g/mol. The van der Waals surface area contributed by atoms with Gasteiger partial charge in [0.05, 0.1) is 5.69 Å². The first-order chi connectivity index (χ1) is 8.19. The molecule has 1 aliphatic rings. The Hall–Kier alpha value is -1.32. The van der Waals surface area contributed by atoms with Gasteiger partial charge in [0.25, 0.3) is 0 Å². The maximum atomic E-state index is 11.9. The summed E-state index contributed by atoms with van der Waals surface area (Å²) >= 11 is 0. The number of hydrogen-bond acceptors (Lipinski definition) is 2. The molecule has 1 saturated carbocycles. The molecule has 0 spiro atoms. The molecule has 0 saturated heterocycles. The summed E-state index contributed by atoms with van der Waals surface area (Å²) in [7, 11) is 0. The molecule has 0 unspecified atom stereocenters. The van der Waals surface area contributed by atoms with E-state index in [1.165, 1.54) is 12.8 Å². The van der Waals surface area contributed by atoms with Crippen molar-refractivity contribution in [2.24, 2.45) is 0 Å². The second-order valence-electron chi connectivity index (χ2n) is 4.81. The van der Waals surface area contributed by atoms with E-state index in [9.17, 15) is 4.79 Å². The van der Waals surface area contributed by atoms with Gasteiger partial charge in [-0.25, -0.2) is 4.98 Å². The molecule has 1 aromatic rings. The number of nitrogens with one attached hydrogen (secondary N) is 1. The minimum Gasteiger partial charge on any atom is -0.352 e. The number of aromatic nitrogens is 2. The molecule has 2 rings (SSSR count). The van der Waals surface area contributed by atoms with Crippen molar-refractivity contribution in [3.8, 4) is 0 Å². The molecule has 4 heteroatoms. The van der Waals surface area contributed by atoms with Crippen molar-refractivity contribution in [1.82, 2.24) is 14.9 Å². The fraction of sp³-hybridized carbons (Fsp3) is 0.692. The molecule has 1 N–H and O–H groups in total. The van der Waals surface area contributed by atoms with Crippen molar-refractivity contribution < 1.29 is 4.79 Å². The van der Waals surface area contributed by atoms with Gasteiger partial charge in [-0.15, -0.1) is 0 Å². The Kier molecular flexibility index (Phi) is 3.82. The molecular formula is C13H21N3O. The summed E-state index contributed by atoms with van der Waals surface area (Å²) in [6.07, 6.45) is 7.65. The zero-order valence-electron chi connectivity index (χ0n) is 10.7. The third-order valence-electron chi connectivity index (χ3n) is 3.42. The van der Waals surface area contributed by atoms with Gasteiger partial charge in [-0.2, -0.15) is 0 Å². The van der Waals surface area contributed by atoms with Gasteiger partial charge in [-0.05, 0) is 26.2 Å². The maximum Gasteiger partial charge on any atom is 0.240 e. The summed E-state index contributed by atoms with van der Waals surface area (Å²) in [5, 5.41) is 3.09. The average molecular weight is 235 g/mol. The third kappa shape index (κ3) is 3.08. The van der Waals surface area contributed by atoms with Crippen LogP contribution in [0.2, 0.25) is 0 Å². The van der Waals surface area contributed by atoms with E-state index in [1.807, 2.05) is 17.7 Å². The highest BCUT2D eigenvalue weighted by molar-refractivity contribution is 5.76. The summed E-state index contributed by atoms with van der Waals surface area (Å²) in [6, 6.07) is 0.400. The Morgan fingerprint density at radius 3 is 2.82 bits per heavy atom. The van der Waals surface area contributed by atoms with Gasteiger partial charge in [0.2, 0.25) is 5.91 Å². The average Bonchev–Trinajstić information content (AvgIpc) is 2.89. The summed E-state index contributed by atoms with van der Waals surface area (Å²) < 4.78 is 1.93. The minimum absolute atomic E-state index is 0.111. The number of rotatable bonds is 4. The molecule has 0 aromatic carbocycles. The fourth-order valence-electron chi connectivity index (χ4n) is 2.40. The molecule has 0 atom stereocenters. The highest BCUT2D eigenvalue weighted by atomic mass is 16.2. The van der Waals surface area contributed by atoms with Crippen molar-refractivity contribution in [2.45, 2.75) is 58.5 Å². The predicted octanol–water partition coefficient (Wildman–Crippen LogP) is 1.81. The molecule has 0 radical (unpaired) electrons. The van der Waals surface area contributed by atoms with Crippen LogP contribution < -0.4 is 5.32 Å². The Morgan fingerprint density at radius 1 is 1.53 bits per heavy atom. The zero-order valence-corrected chi connectivity index (χ0v) is 10.7. The number of nitrogens with zero attached hydrogens (tertiary/aromatic N) is 2. The van der Waals surface area contributed by atoms with Crippen LogP contribution in [0.3, 0.4) is 0 Å². The van der Waals surface area contributed by atoms with Crippen molar-refractivity contribution >= 4 is 5.91 Å². The quantitative estimate of drug-likeness (QED) is 0.865. The summed E-state index contributed by atoms with van der Waals surface area (Å²) in [4.78, 5) is 16.3. The van der Waals surface area contributed by atoms with Crippen molar-refractivity contribution in [3.63, 3.8) is 0 Å². The van der Waals surface area contributed by atoms with Gasteiger partial charge in [0.15, 0.2) is 0 Å². The number of carbonyl (C=O) groups excluding carboxylic acids is 1. The van der Waals surface area contributed by atoms with Crippen LogP contribution >= 0.6 is 0 Å². The van der Waals surface area contributed by atoms with Crippen LogP contribution in [0.1, 0.15) is 44.1 Å². The van der Waals surface area contributed by atoms with E-state index in [4.69, 9.17) is 0 Å². The molecule has 0 bridgehead atoms. The highest BCUT2D eigenvalue weighted by Gasteiger charge is 2.17. The van der Waals surface area contributed by atoms with Crippen LogP contribution in [0, 0.1) is 6.92 Å². The lowest BCUT2D eigenvalue weighted by atomic mass is 10.2. The second kappa shape index (κ2) is 5.34. The third-order valence-corrected chi connectivity index (χ3v) is 3.42. The Bertz CT molecular complexity index is 391. The second-order valence-corrected chi connectivity index (χ2v) is 4.81. The predicted molar refractivity (Wildman–Crippen MR) is 66.7 cm³/mol. The maximum absolute atomic E-state index is 11.9. The minimum atomic E-state index is 0.111. The van der Waals surface area contributed by atoms with E-state index in [1.54, 1.807) is 0 Å². The summed E-state index contributed by atoms with van der Waals surface area (Å²) in [5.41, 5.74) is 1.05. The standard InChI is InChI=1S/C13H21N3O/c1-3-11-8-16(10(2)14-11)9-13(17)15-12-6-4-5-7-12/h8,12H,3-7,9H2,1-2H3,(H,15,17). The number of carbonyl (C=O) groups is 1. The first-order valence-electron chi connectivity index (χ1n) is 6.51. The van der Waals surface area contributed by atoms with Crippen LogP contribution in [-0.2, 0) is 17.8 Å². The molecule has 94 valence electrons. The van der Waals surface area contributed by atoms with E-state index >= 15 is 0 Å². The molecule has 17 heavy (non-hydrogen) atoms. The summed E-state index contributed by atoms with van der Waals surface area (Å²) in [6.45, 7) is 4.42. The van der Waals surface area contributed by atoms with Crippen LogP contribution in [-0.4, -0.2) is 21.5 Å². The Labute approximate surface area is 102 Å². The SMILES string of the molecule is CCc1cn(CC(=O)NC2CCCC2)c(C)n1. The first-order valence-corrected chi connectivity index (χ1v) is 6.51. The smallest absolute Gasteiger partial charge is 0.240 e. The molecule has 1 aromatic heterocycles. The molecule has 4 nitrogen and oxygen atoms in total. The lowest BCUT2D eigenvalue weighted by molar-refractivity contribution is -0.122. The van der Waals surface area contributed by atoms with Crippen LogP contribution in [0.4, 0.5) is 0 Å².